The van der Waals surface area contributed by atoms with Gasteiger partial charge in [0.15, 0.2) is 0 Å². The topological polar surface area (TPSA) is 68.0 Å². The average molecular weight is 249 g/mol. The number of hydrogen-bond acceptors (Lipinski definition) is 4. The lowest BCUT2D eigenvalue weighted by Gasteiger charge is -2.04. The number of carboxylic acid groups (broad SMARTS) is 1. The Hall–Kier alpha value is -1.82. The monoisotopic (exact) mass is 249 g/mol. The predicted molar refractivity (Wildman–Crippen MR) is 64.0 cm³/mol. The van der Waals surface area contributed by atoms with Crippen LogP contribution in [0.3, 0.4) is 0 Å². The van der Waals surface area contributed by atoms with Crippen LogP contribution in [0.4, 0.5) is 0 Å². The van der Waals surface area contributed by atoms with Crippen LogP contribution >= 0.6 is 11.8 Å². The smallest absolute Gasteiger partial charge is 0.338 e. The molecular weight excluding hydrogens is 238 g/mol. The first-order chi connectivity index (χ1) is 8.18. The summed E-state index contributed by atoms with van der Waals surface area (Å²) in [4.78, 5) is 19.2. The first kappa shape index (κ1) is 11.7. The molecular formula is C11H11N3O2S. The van der Waals surface area contributed by atoms with Crippen LogP contribution in [-0.4, -0.2) is 25.6 Å². The van der Waals surface area contributed by atoms with Gasteiger partial charge in [0.1, 0.15) is 10.9 Å². The van der Waals surface area contributed by atoms with Gasteiger partial charge < -0.3 is 9.67 Å². The van der Waals surface area contributed by atoms with Gasteiger partial charge in [-0.2, -0.15) is 0 Å². The molecule has 0 aromatic carbocycles. The van der Waals surface area contributed by atoms with Crippen molar-refractivity contribution in [2.24, 2.45) is 7.05 Å². The van der Waals surface area contributed by atoms with Crippen molar-refractivity contribution in [2.75, 3.05) is 0 Å². The van der Waals surface area contributed by atoms with Crippen molar-refractivity contribution < 1.29 is 9.90 Å². The lowest BCUT2D eigenvalue weighted by molar-refractivity contribution is 0.0692. The van der Waals surface area contributed by atoms with Gasteiger partial charge in [0.2, 0.25) is 0 Å². The molecule has 0 aliphatic heterocycles. The van der Waals surface area contributed by atoms with Crippen molar-refractivity contribution in [1.82, 2.24) is 14.5 Å². The number of carboxylic acids is 1. The summed E-state index contributed by atoms with van der Waals surface area (Å²) in [6.45, 7) is 0. The molecule has 17 heavy (non-hydrogen) atoms. The summed E-state index contributed by atoms with van der Waals surface area (Å²) in [5, 5.41) is 9.52. The number of hydrogen-bond donors (Lipinski definition) is 1. The van der Waals surface area contributed by atoms with E-state index in [9.17, 15) is 4.79 Å². The molecule has 0 saturated carbocycles. The zero-order chi connectivity index (χ0) is 12.3. The lowest BCUT2D eigenvalue weighted by Crippen LogP contribution is -2.01. The Morgan fingerprint density at radius 2 is 2.29 bits per heavy atom. The van der Waals surface area contributed by atoms with E-state index >= 15 is 0 Å². The standard InChI is InChI=1S/C11H11N3O2S/c1-14-6-5-12-9(14)7-17-10-8(11(15)16)3-2-4-13-10/h2-6H,7H2,1H3,(H,15,16). The molecule has 0 aliphatic carbocycles. The van der Waals surface area contributed by atoms with E-state index in [0.29, 0.717) is 10.8 Å². The largest absolute Gasteiger partial charge is 0.478 e. The van der Waals surface area contributed by atoms with E-state index in [2.05, 4.69) is 9.97 Å². The van der Waals surface area contributed by atoms with Gasteiger partial charge in [-0.15, -0.1) is 0 Å². The van der Waals surface area contributed by atoms with Crippen molar-refractivity contribution in [3.8, 4) is 0 Å². The summed E-state index contributed by atoms with van der Waals surface area (Å²) < 4.78 is 1.90. The number of rotatable bonds is 4. The van der Waals surface area contributed by atoms with Gasteiger partial charge in [0, 0.05) is 25.6 Å². The van der Waals surface area contributed by atoms with Gasteiger partial charge in [-0.1, -0.05) is 11.8 Å². The highest BCUT2D eigenvalue weighted by Crippen LogP contribution is 2.23. The van der Waals surface area contributed by atoms with E-state index in [1.165, 1.54) is 11.8 Å². The molecule has 0 fully saturated rings. The number of carbonyl (C=O) groups is 1. The molecule has 6 heteroatoms. The summed E-state index contributed by atoms with van der Waals surface area (Å²) in [5.74, 6) is 0.526. The molecule has 2 aromatic rings. The highest BCUT2D eigenvalue weighted by molar-refractivity contribution is 7.98. The average Bonchev–Trinajstić information content (AvgIpc) is 2.72. The van der Waals surface area contributed by atoms with Crippen LogP contribution in [0.25, 0.3) is 0 Å². The van der Waals surface area contributed by atoms with Crippen LogP contribution in [0.5, 0.6) is 0 Å². The van der Waals surface area contributed by atoms with E-state index in [-0.39, 0.29) is 5.56 Å². The minimum absolute atomic E-state index is 0.228. The normalized spacial score (nSPS) is 10.4. The third-order valence-corrected chi connectivity index (χ3v) is 3.26. The molecule has 5 nitrogen and oxygen atoms in total. The molecule has 2 aromatic heterocycles. The summed E-state index contributed by atoms with van der Waals surface area (Å²) in [5.41, 5.74) is 0.228. The highest BCUT2D eigenvalue weighted by Gasteiger charge is 2.11. The van der Waals surface area contributed by atoms with Crippen LogP contribution in [0.2, 0.25) is 0 Å². The minimum atomic E-state index is -0.958. The zero-order valence-corrected chi connectivity index (χ0v) is 10.0. The fourth-order valence-corrected chi connectivity index (χ4v) is 2.33. The summed E-state index contributed by atoms with van der Waals surface area (Å²) in [6, 6.07) is 3.17. The van der Waals surface area contributed by atoms with Gasteiger partial charge in [-0.25, -0.2) is 14.8 Å². The zero-order valence-electron chi connectivity index (χ0n) is 9.20. The van der Waals surface area contributed by atoms with Crippen molar-refractivity contribution in [1.29, 1.82) is 0 Å². The molecule has 2 heterocycles. The van der Waals surface area contributed by atoms with Crippen molar-refractivity contribution in [3.05, 3.63) is 42.1 Å². The summed E-state index contributed by atoms with van der Waals surface area (Å²) in [7, 11) is 1.90. The Kier molecular flexibility index (Phi) is 3.43. The molecule has 2 rings (SSSR count). The van der Waals surface area contributed by atoms with Gasteiger partial charge in [0.05, 0.1) is 11.3 Å². The second-order valence-corrected chi connectivity index (χ2v) is 4.37. The van der Waals surface area contributed by atoms with E-state index in [4.69, 9.17) is 5.11 Å². The molecule has 1 N–H and O–H groups in total. The second kappa shape index (κ2) is 5.01. The quantitative estimate of drug-likeness (QED) is 0.837. The first-order valence-corrected chi connectivity index (χ1v) is 5.94. The Morgan fingerprint density at radius 3 is 2.94 bits per heavy atom. The predicted octanol–water partition coefficient (Wildman–Crippen LogP) is 1.81. The number of aromatic carboxylic acids is 1. The lowest BCUT2D eigenvalue weighted by atomic mass is 10.3. The van der Waals surface area contributed by atoms with Crippen molar-refractivity contribution >= 4 is 17.7 Å². The molecule has 0 atom stereocenters. The van der Waals surface area contributed by atoms with Crippen LogP contribution in [-0.2, 0) is 12.8 Å². The highest BCUT2D eigenvalue weighted by atomic mass is 32.2. The van der Waals surface area contributed by atoms with Crippen LogP contribution < -0.4 is 0 Å². The Bertz CT molecular complexity index is 539. The molecule has 0 radical (unpaired) electrons. The number of thioether (sulfide) groups is 1. The number of nitrogens with zero attached hydrogens (tertiary/aromatic N) is 3. The fourth-order valence-electron chi connectivity index (χ4n) is 1.34. The maximum absolute atomic E-state index is 11.0. The van der Waals surface area contributed by atoms with Crippen LogP contribution in [0.15, 0.2) is 35.7 Å². The van der Waals surface area contributed by atoms with Crippen molar-refractivity contribution in [3.63, 3.8) is 0 Å². The number of aryl methyl sites for hydroxylation is 1. The van der Waals surface area contributed by atoms with Crippen molar-refractivity contribution in [2.45, 2.75) is 10.8 Å². The van der Waals surface area contributed by atoms with E-state index < -0.39 is 5.97 Å². The number of imidazole rings is 1. The third kappa shape index (κ3) is 2.65. The molecule has 0 unspecified atom stereocenters. The van der Waals surface area contributed by atoms with E-state index in [0.717, 1.165) is 5.82 Å². The number of pyridine rings is 1. The Labute approximate surface area is 103 Å². The fraction of sp³-hybridized carbons (Fsp3) is 0.182. The Balaban J connectivity index is 2.14. The Morgan fingerprint density at radius 1 is 1.47 bits per heavy atom. The SMILES string of the molecule is Cn1ccnc1CSc1ncccc1C(=O)O. The van der Waals surface area contributed by atoms with Crippen LogP contribution in [0.1, 0.15) is 16.2 Å². The maximum atomic E-state index is 11.0. The molecule has 0 spiro atoms. The molecule has 0 amide bonds. The molecule has 0 bridgehead atoms. The molecule has 0 aliphatic rings. The summed E-state index contributed by atoms with van der Waals surface area (Å²) >= 11 is 1.37. The third-order valence-electron chi connectivity index (χ3n) is 2.26. The first-order valence-electron chi connectivity index (χ1n) is 4.96. The number of aromatic nitrogens is 3. The van der Waals surface area contributed by atoms with Gasteiger partial charge >= 0.3 is 5.97 Å². The summed E-state index contributed by atoms with van der Waals surface area (Å²) in [6.07, 6.45) is 5.16. The molecule has 88 valence electrons. The maximum Gasteiger partial charge on any atom is 0.338 e. The second-order valence-electron chi connectivity index (χ2n) is 3.40. The van der Waals surface area contributed by atoms with Gasteiger partial charge in [-0.05, 0) is 12.1 Å². The van der Waals surface area contributed by atoms with Gasteiger partial charge in [-0.3, -0.25) is 0 Å². The van der Waals surface area contributed by atoms with E-state index in [1.54, 1.807) is 24.5 Å². The molecule has 0 saturated heterocycles. The van der Waals surface area contributed by atoms with Gasteiger partial charge in [0.25, 0.3) is 0 Å². The van der Waals surface area contributed by atoms with E-state index in [1.807, 2.05) is 17.8 Å². The minimum Gasteiger partial charge on any atom is -0.478 e. The van der Waals surface area contributed by atoms with Crippen LogP contribution in [0, 0.1) is 0 Å².